The van der Waals surface area contributed by atoms with Gasteiger partial charge in [0.2, 0.25) is 11.8 Å². The number of hydrogen-bond donors (Lipinski definition) is 1. The molecule has 0 aromatic heterocycles. The fourth-order valence-electron chi connectivity index (χ4n) is 4.59. The van der Waals surface area contributed by atoms with Gasteiger partial charge in [0.1, 0.15) is 11.5 Å². The normalized spacial score (nSPS) is 20.9. The van der Waals surface area contributed by atoms with E-state index in [1.54, 1.807) is 37.3 Å². The summed E-state index contributed by atoms with van der Waals surface area (Å²) in [4.78, 5) is 29.6. The van der Waals surface area contributed by atoms with E-state index < -0.39 is 5.92 Å². The van der Waals surface area contributed by atoms with Crippen molar-refractivity contribution in [3.63, 3.8) is 0 Å². The molecule has 182 valence electrons. The smallest absolute Gasteiger partial charge is 0.227 e. The Kier molecular flexibility index (Phi) is 7.70. The van der Waals surface area contributed by atoms with Crippen LogP contribution >= 0.6 is 0 Å². The Morgan fingerprint density at radius 3 is 2.71 bits per heavy atom. The van der Waals surface area contributed by atoms with Gasteiger partial charge in [-0.2, -0.15) is 0 Å². The molecule has 0 bridgehead atoms. The van der Waals surface area contributed by atoms with Gasteiger partial charge in [-0.1, -0.05) is 24.3 Å². The van der Waals surface area contributed by atoms with Crippen molar-refractivity contribution in [2.45, 2.75) is 32.5 Å². The number of rotatable bonds is 8. The van der Waals surface area contributed by atoms with E-state index in [9.17, 15) is 9.59 Å². The first-order valence-electron chi connectivity index (χ1n) is 11.7. The maximum Gasteiger partial charge on any atom is 0.227 e. The summed E-state index contributed by atoms with van der Waals surface area (Å²) in [5.41, 5.74) is 2.88. The van der Waals surface area contributed by atoms with E-state index >= 15 is 0 Å². The molecule has 2 atom stereocenters. The van der Waals surface area contributed by atoms with Crippen molar-refractivity contribution in [3.8, 4) is 11.5 Å². The van der Waals surface area contributed by atoms with Crippen molar-refractivity contribution in [3.05, 3.63) is 53.6 Å². The Labute approximate surface area is 200 Å². The number of methoxy groups -OCH3 is 2. The van der Waals surface area contributed by atoms with Crippen LogP contribution in [-0.2, 0) is 27.4 Å². The first-order valence-corrected chi connectivity index (χ1v) is 11.7. The predicted octanol–water partition coefficient (Wildman–Crippen LogP) is 2.59. The summed E-state index contributed by atoms with van der Waals surface area (Å²) < 4.78 is 16.3. The molecular weight excluding hydrogens is 434 g/mol. The van der Waals surface area contributed by atoms with Gasteiger partial charge in [0.15, 0.2) is 0 Å². The van der Waals surface area contributed by atoms with Gasteiger partial charge in [-0.05, 0) is 30.2 Å². The van der Waals surface area contributed by atoms with Gasteiger partial charge in [0, 0.05) is 45.2 Å². The van der Waals surface area contributed by atoms with E-state index in [1.807, 2.05) is 12.1 Å². The molecule has 2 unspecified atom stereocenters. The average molecular weight is 468 g/mol. The summed E-state index contributed by atoms with van der Waals surface area (Å²) in [6, 6.07) is 13.6. The van der Waals surface area contributed by atoms with Crippen molar-refractivity contribution < 1.29 is 23.8 Å². The monoisotopic (exact) mass is 467 g/mol. The Balaban J connectivity index is 1.35. The molecule has 2 aliphatic rings. The van der Waals surface area contributed by atoms with Crippen molar-refractivity contribution in [1.29, 1.82) is 0 Å². The van der Waals surface area contributed by atoms with Crippen LogP contribution in [0.5, 0.6) is 11.5 Å². The van der Waals surface area contributed by atoms with Crippen molar-refractivity contribution in [2.75, 3.05) is 45.4 Å². The molecule has 2 heterocycles. The fourth-order valence-corrected chi connectivity index (χ4v) is 4.59. The van der Waals surface area contributed by atoms with E-state index in [0.717, 1.165) is 31.8 Å². The van der Waals surface area contributed by atoms with Crippen molar-refractivity contribution >= 4 is 17.5 Å². The molecule has 34 heavy (non-hydrogen) atoms. The zero-order chi connectivity index (χ0) is 24.1. The summed E-state index contributed by atoms with van der Waals surface area (Å²) in [6.07, 6.45) is 0.420. The molecule has 2 saturated heterocycles. The number of hydrogen-bond acceptors (Lipinski definition) is 6. The third-order valence-corrected chi connectivity index (χ3v) is 6.36. The van der Waals surface area contributed by atoms with Crippen molar-refractivity contribution in [1.82, 2.24) is 10.2 Å². The van der Waals surface area contributed by atoms with E-state index in [4.69, 9.17) is 14.2 Å². The number of carbonyl (C=O) groups excluding carboxylic acids is 2. The van der Waals surface area contributed by atoms with Crippen LogP contribution in [0.2, 0.25) is 0 Å². The lowest BCUT2D eigenvalue weighted by atomic mass is 10.1. The Hall–Kier alpha value is -3.10. The molecule has 0 spiro atoms. The number of nitrogens with one attached hydrogen (secondary N) is 1. The first-order chi connectivity index (χ1) is 16.5. The van der Waals surface area contributed by atoms with Crippen LogP contribution in [-0.4, -0.2) is 63.3 Å². The van der Waals surface area contributed by atoms with Crippen LogP contribution in [0.25, 0.3) is 0 Å². The highest BCUT2D eigenvalue weighted by molar-refractivity contribution is 6.01. The van der Waals surface area contributed by atoms with E-state index in [2.05, 4.69) is 29.3 Å². The largest absolute Gasteiger partial charge is 0.497 e. The lowest BCUT2D eigenvalue weighted by Crippen LogP contribution is -2.40. The van der Waals surface area contributed by atoms with Gasteiger partial charge < -0.3 is 24.4 Å². The highest BCUT2D eigenvalue weighted by Crippen LogP contribution is 2.36. The molecule has 1 N–H and O–H groups in total. The molecule has 2 aromatic rings. The molecular formula is C26H33N3O5. The van der Waals surface area contributed by atoms with Gasteiger partial charge in [-0.15, -0.1) is 0 Å². The molecule has 0 radical (unpaired) electrons. The highest BCUT2D eigenvalue weighted by Gasteiger charge is 2.36. The van der Waals surface area contributed by atoms with Gasteiger partial charge >= 0.3 is 0 Å². The van der Waals surface area contributed by atoms with Crippen LogP contribution in [0.4, 0.5) is 5.69 Å². The first kappa shape index (κ1) is 24.0. The van der Waals surface area contributed by atoms with Gasteiger partial charge in [0.25, 0.3) is 0 Å². The van der Waals surface area contributed by atoms with Gasteiger partial charge in [-0.3, -0.25) is 14.5 Å². The topological polar surface area (TPSA) is 80.3 Å². The second-order valence-corrected chi connectivity index (χ2v) is 8.90. The summed E-state index contributed by atoms with van der Waals surface area (Å²) in [6.45, 7) is 6.31. The molecule has 2 aliphatic heterocycles. The molecule has 0 saturated carbocycles. The lowest BCUT2D eigenvalue weighted by molar-refractivity contribution is -0.126. The zero-order valence-electron chi connectivity index (χ0n) is 20.1. The Bertz CT molecular complexity index is 1030. The lowest BCUT2D eigenvalue weighted by Gasteiger charge is -2.31. The maximum absolute atomic E-state index is 12.9. The molecule has 2 aromatic carbocycles. The summed E-state index contributed by atoms with van der Waals surface area (Å²) >= 11 is 0. The molecule has 2 amide bonds. The van der Waals surface area contributed by atoms with Gasteiger partial charge in [0.05, 0.1) is 38.5 Å². The second-order valence-electron chi connectivity index (χ2n) is 8.90. The van der Waals surface area contributed by atoms with E-state index in [0.29, 0.717) is 30.3 Å². The molecule has 4 rings (SSSR count). The highest BCUT2D eigenvalue weighted by atomic mass is 16.5. The Morgan fingerprint density at radius 1 is 1.12 bits per heavy atom. The van der Waals surface area contributed by atoms with E-state index in [1.165, 1.54) is 5.56 Å². The van der Waals surface area contributed by atoms with Gasteiger partial charge in [-0.25, -0.2) is 0 Å². The molecule has 8 heteroatoms. The summed E-state index contributed by atoms with van der Waals surface area (Å²) in [7, 11) is 3.13. The van der Waals surface area contributed by atoms with Crippen LogP contribution in [0.3, 0.4) is 0 Å². The summed E-state index contributed by atoms with van der Waals surface area (Å²) in [5.74, 6) is 0.560. The zero-order valence-corrected chi connectivity index (χ0v) is 20.1. The Morgan fingerprint density at radius 2 is 1.94 bits per heavy atom. The number of nitrogens with zero attached hydrogens (tertiary/aromatic N) is 2. The SMILES string of the molecule is COc1ccc(OC)c(N2CC(C(=O)NCc3cccc(CN4CCOC(C)C4)c3)CC2=O)c1. The standard InChI is InChI=1S/C26H33N3O5/c1-18-15-28(9-10-34-18)16-20-6-4-5-19(11-20)14-27-26(31)21-12-25(30)29(17-21)23-13-22(32-2)7-8-24(23)33-3/h4-8,11,13,18,21H,9-10,12,14-17H2,1-3H3,(H,27,31). The number of carbonyl (C=O) groups is 2. The third kappa shape index (κ3) is 5.69. The van der Waals surface area contributed by atoms with Crippen molar-refractivity contribution in [2.24, 2.45) is 5.92 Å². The summed E-state index contributed by atoms with van der Waals surface area (Å²) in [5, 5.41) is 3.02. The third-order valence-electron chi connectivity index (χ3n) is 6.36. The second kappa shape index (κ2) is 10.9. The van der Waals surface area contributed by atoms with Crippen LogP contribution in [0.1, 0.15) is 24.5 Å². The molecule has 8 nitrogen and oxygen atoms in total. The molecule has 0 aliphatic carbocycles. The van der Waals surface area contributed by atoms with Crippen LogP contribution in [0.15, 0.2) is 42.5 Å². The number of morpholine rings is 1. The average Bonchev–Trinajstić information content (AvgIpc) is 3.24. The fraction of sp³-hybridized carbons (Fsp3) is 0.462. The number of benzene rings is 2. The quantitative estimate of drug-likeness (QED) is 0.643. The van der Waals surface area contributed by atoms with Crippen LogP contribution < -0.4 is 19.7 Å². The minimum atomic E-state index is -0.415. The number of anilines is 1. The number of ether oxygens (including phenoxy) is 3. The number of amides is 2. The van der Waals surface area contributed by atoms with E-state index in [-0.39, 0.29) is 24.3 Å². The minimum Gasteiger partial charge on any atom is -0.497 e. The van der Waals surface area contributed by atoms with Crippen LogP contribution in [0, 0.1) is 5.92 Å². The molecule has 2 fully saturated rings. The minimum absolute atomic E-state index is 0.103. The maximum atomic E-state index is 12.9. The predicted molar refractivity (Wildman–Crippen MR) is 129 cm³/mol.